The number of carbonyl (C=O) groups excluding carboxylic acids is 3. The van der Waals surface area contributed by atoms with E-state index in [0.29, 0.717) is 25.9 Å². The van der Waals surface area contributed by atoms with Crippen molar-refractivity contribution in [3.05, 3.63) is 23.8 Å². The molecule has 0 aromatic heterocycles. The molecule has 0 bridgehead atoms. The van der Waals surface area contributed by atoms with Gasteiger partial charge in [-0.25, -0.2) is 0 Å². The molecule has 2 aliphatic heterocycles. The van der Waals surface area contributed by atoms with E-state index in [9.17, 15) is 22.8 Å². The van der Waals surface area contributed by atoms with Gasteiger partial charge in [0.05, 0.1) is 12.8 Å². The Morgan fingerprint density at radius 3 is 2.41 bits per heavy atom. The lowest BCUT2D eigenvalue weighted by Crippen LogP contribution is -2.46. The smallest absolute Gasteiger partial charge is 0.320 e. The first-order valence-electron chi connectivity index (χ1n) is 11.3. The number of hydrogen-bond acceptors (Lipinski definition) is 9. The molecule has 1 aromatic carbocycles. The van der Waals surface area contributed by atoms with Crippen LogP contribution in [0.25, 0.3) is 0 Å². The molecule has 2 heterocycles. The maximum absolute atomic E-state index is 12.1. The number of hydrogen-bond donors (Lipinski definition) is 1. The Bertz CT molecular complexity index is 1040. The highest BCUT2D eigenvalue weighted by Gasteiger charge is 2.30. The van der Waals surface area contributed by atoms with E-state index in [2.05, 4.69) is 5.32 Å². The van der Waals surface area contributed by atoms with Gasteiger partial charge in [-0.15, -0.1) is 0 Å². The van der Waals surface area contributed by atoms with Crippen LogP contribution in [0.1, 0.15) is 57.9 Å². The van der Waals surface area contributed by atoms with E-state index in [1.165, 1.54) is 6.07 Å². The Labute approximate surface area is 200 Å². The van der Waals surface area contributed by atoms with Crippen molar-refractivity contribution in [2.75, 3.05) is 25.9 Å². The van der Waals surface area contributed by atoms with Crippen LogP contribution in [0.4, 0.5) is 0 Å². The molecule has 0 spiro atoms. The Balaban J connectivity index is 1.69. The highest BCUT2D eigenvalue weighted by molar-refractivity contribution is 7.86. The van der Waals surface area contributed by atoms with E-state index in [1.807, 2.05) is 25.7 Å². The van der Waals surface area contributed by atoms with Crippen molar-refractivity contribution < 1.29 is 36.5 Å². The van der Waals surface area contributed by atoms with Crippen LogP contribution >= 0.6 is 0 Å². The Hall–Kier alpha value is -2.66. The van der Waals surface area contributed by atoms with Crippen molar-refractivity contribution in [2.45, 2.75) is 64.1 Å². The maximum atomic E-state index is 12.1. The lowest BCUT2D eigenvalue weighted by molar-refractivity contribution is -0.156. The first-order valence-corrected chi connectivity index (χ1v) is 13.1. The quantitative estimate of drug-likeness (QED) is 0.341. The summed E-state index contributed by atoms with van der Waals surface area (Å²) in [6.07, 6.45) is 1.94. The largest absolute Gasteiger partial charge is 0.480 e. The molecule has 34 heavy (non-hydrogen) atoms. The standard InChI is InChI=1S/C23H32N2O8S/c1-23(2,3)32-21(27)14-25-11-9-15(10-12-25)17-6-5-16(13-19(17)33-34(4,29)30)31-18-7-8-20(26)24-22(18)28/h5-6,13,15,18H,7-12,14H2,1-4H3,(H,24,26,28). The zero-order chi connectivity index (χ0) is 25.1. The van der Waals surface area contributed by atoms with Gasteiger partial charge in [0.25, 0.3) is 5.91 Å². The number of benzene rings is 1. The molecule has 3 rings (SSSR count). The minimum Gasteiger partial charge on any atom is -0.480 e. The second kappa shape index (κ2) is 10.3. The lowest BCUT2D eigenvalue weighted by atomic mass is 9.88. The van der Waals surface area contributed by atoms with Crippen molar-refractivity contribution in [3.8, 4) is 11.5 Å². The van der Waals surface area contributed by atoms with Gasteiger partial charge < -0.3 is 13.7 Å². The lowest BCUT2D eigenvalue weighted by Gasteiger charge is -2.33. The SMILES string of the molecule is CC(C)(C)OC(=O)CN1CCC(c2ccc(OC3CCC(=O)NC3=O)cc2OS(C)(=O)=O)CC1. The monoisotopic (exact) mass is 496 g/mol. The number of imide groups is 1. The van der Waals surface area contributed by atoms with E-state index >= 15 is 0 Å². The summed E-state index contributed by atoms with van der Waals surface area (Å²) in [6, 6.07) is 4.88. The number of carbonyl (C=O) groups is 3. The van der Waals surface area contributed by atoms with Crippen LogP contribution < -0.4 is 14.2 Å². The minimum absolute atomic E-state index is 0.0243. The van der Waals surface area contributed by atoms with Crippen LogP contribution in [0.15, 0.2) is 18.2 Å². The van der Waals surface area contributed by atoms with Crippen LogP contribution in [0.3, 0.4) is 0 Å². The molecule has 10 nitrogen and oxygen atoms in total. The number of piperidine rings is 2. The number of likely N-dealkylation sites (tertiary alicyclic amines) is 1. The van der Waals surface area contributed by atoms with Gasteiger partial charge in [-0.2, -0.15) is 8.42 Å². The molecule has 2 saturated heterocycles. The fourth-order valence-electron chi connectivity index (χ4n) is 4.07. The van der Waals surface area contributed by atoms with E-state index < -0.39 is 27.7 Å². The van der Waals surface area contributed by atoms with Crippen molar-refractivity contribution in [3.63, 3.8) is 0 Å². The minimum atomic E-state index is -3.80. The predicted molar refractivity (Wildman–Crippen MR) is 123 cm³/mol. The molecule has 1 N–H and O–H groups in total. The Morgan fingerprint density at radius 1 is 1.15 bits per heavy atom. The number of amides is 2. The summed E-state index contributed by atoms with van der Waals surface area (Å²) in [6.45, 7) is 6.99. The Morgan fingerprint density at radius 2 is 1.82 bits per heavy atom. The van der Waals surface area contributed by atoms with E-state index in [1.54, 1.807) is 12.1 Å². The van der Waals surface area contributed by atoms with Crippen molar-refractivity contribution in [1.29, 1.82) is 0 Å². The van der Waals surface area contributed by atoms with Crippen LogP contribution in [-0.4, -0.2) is 68.7 Å². The average molecular weight is 497 g/mol. The molecule has 1 unspecified atom stereocenters. The topological polar surface area (TPSA) is 128 Å². The predicted octanol–water partition coefficient (Wildman–Crippen LogP) is 1.73. The molecule has 1 atom stereocenters. The van der Waals surface area contributed by atoms with Gasteiger partial charge >= 0.3 is 16.1 Å². The van der Waals surface area contributed by atoms with Gasteiger partial charge in [-0.05, 0) is 64.3 Å². The molecule has 2 aliphatic rings. The summed E-state index contributed by atoms with van der Waals surface area (Å²) >= 11 is 0. The number of rotatable bonds is 7. The summed E-state index contributed by atoms with van der Waals surface area (Å²) in [5, 5.41) is 2.23. The Kier molecular flexibility index (Phi) is 7.87. The molecule has 1 aromatic rings. The van der Waals surface area contributed by atoms with Crippen LogP contribution in [-0.2, 0) is 29.2 Å². The average Bonchev–Trinajstić information content (AvgIpc) is 2.68. The maximum Gasteiger partial charge on any atom is 0.320 e. The second-order valence-corrected chi connectivity index (χ2v) is 11.3. The number of esters is 1. The zero-order valence-electron chi connectivity index (χ0n) is 20.0. The van der Waals surface area contributed by atoms with Gasteiger partial charge in [0.15, 0.2) is 6.10 Å². The van der Waals surface area contributed by atoms with Crippen LogP contribution in [0, 0.1) is 0 Å². The van der Waals surface area contributed by atoms with Gasteiger partial charge in [0.2, 0.25) is 5.91 Å². The molecule has 0 aliphatic carbocycles. The number of nitrogens with zero attached hydrogens (tertiary/aromatic N) is 1. The fourth-order valence-corrected chi connectivity index (χ4v) is 4.54. The molecular formula is C23H32N2O8S. The van der Waals surface area contributed by atoms with Gasteiger partial charge in [0, 0.05) is 18.9 Å². The van der Waals surface area contributed by atoms with Crippen LogP contribution in [0.2, 0.25) is 0 Å². The first-order chi connectivity index (χ1) is 15.8. The highest BCUT2D eigenvalue weighted by Crippen LogP contribution is 2.37. The summed E-state index contributed by atoms with van der Waals surface area (Å²) in [7, 11) is -3.80. The van der Waals surface area contributed by atoms with Gasteiger partial charge in [0.1, 0.15) is 17.1 Å². The third kappa shape index (κ3) is 7.69. The second-order valence-electron chi connectivity index (χ2n) is 9.68. The number of nitrogens with one attached hydrogen (secondary N) is 1. The number of ether oxygens (including phenoxy) is 2. The molecule has 188 valence electrons. The zero-order valence-corrected chi connectivity index (χ0v) is 20.8. The molecular weight excluding hydrogens is 464 g/mol. The van der Waals surface area contributed by atoms with E-state index in [-0.39, 0.29) is 48.7 Å². The van der Waals surface area contributed by atoms with E-state index in [0.717, 1.165) is 11.8 Å². The molecule has 2 fully saturated rings. The van der Waals surface area contributed by atoms with Crippen molar-refractivity contribution >= 4 is 27.9 Å². The highest BCUT2D eigenvalue weighted by atomic mass is 32.2. The summed E-state index contributed by atoms with van der Waals surface area (Å²) in [5.41, 5.74) is 0.184. The molecule has 0 radical (unpaired) electrons. The molecule has 0 saturated carbocycles. The normalized spacial score (nSPS) is 20.5. The summed E-state index contributed by atoms with van der Waals surface area (Å²) in [4.78, 5) is 37.5. The summed E-state index contributed by atoms with van der Waals surface area (Å²) in [5.74, 6) is -0.696. The third-order valence-corrected chi connectivity index (χ3v) is 5.98. The van der Waals surface area contributed by atoms with Gasteiger partial charge in [-0.1, -0.05) is 6.07 Å². The van der Waals surface area contributed by atoms with Crippen molar-refractivity contribution in [2.24, 2.45) is 0 Å². The summed E-state index contributed by atoms with van der Waals surface area (Å²) < 4.78 is 40.1. The molecule has 11 heteroatoms. The third-order valence-electron chi connectivity index (χ3n) is 5.49. The fraction of sp³-hybridized carbons (Fsp3) is 0.609. The first kappa shape index (κ1) is 26.0. The van der Waals surface area contributed by atoms with E-state index in [4.69, 9.17) is 13.7 Å². The van der Waals surface area contributed by atoms with Crippen LogP contribution in [0.5, 0.6) is 11.5 Å². The van der Waals surface area contributed by atoms with Crippen molar-refractivity contribution in [1.82, 2.24) is 10.2 Å². The van der Waals surface area contributed by atoms with Gasteiger partial charge in [-0.3, -0.25) is 24.6 Å². The molecule has 2 amide bonds.